The zero-order valence-electron chi connectivity index (χ0n) is 13.1. The van der Waals surface area contributed by atoms with Crippen molar-refractivity contribution in [1.82, 2.24) is 4.90 Å². The van der Waals surface area contributed by atoms with Gasteiger partial charge in [0.1, 0.15) is 11.6 Å². The van der Waals surface area contributed by atoms with E-state index in [1.807, 2.05) is 13.8 Å². The first-order valence-electron chi connectivity index (χ1n) is 7.68. The largest absolute Gasteiger partial charge is 0.366 e. The lowest BCUT2D eigenvalue weighted by atomic mass is 9.98. The summed E-state index contributed by atoms with van der Waals surface area (Å²) in [4.78, 5) is 15.8. The first-order chi connectivity index (χ1) is 10.4. The highest BCUT2D eigenvalue weighted by Crippen LogP contribution is 2.22. The van der Waals surface area contributed by atoms with Crippen LogP contribution in [0.2, 0.25) is 0 Å². The summed E-state index contributed by atoms with van der Waals surface area (Å²) in [5, 5.41) is 0. The maximum absolute atomic E-state index is 13.8. The number of anilines is 1. The molecule has 0 spiro atoms. The van der Waals surface area contributed by atoms with Crippen LogP contribution in [0.25, 0.3) is 0 Å². The molecule has 1 amide bonds. The first-order valence-corrected chi connectivity index (χ1v) is 7.68. The molecule has 2 rings (SSSR count). The van der Waals surface area contributed by atoms with Crippen LogP contribution >= 0.6 is 0 Å². The molecule has 0 aliphatic carbocycles. The standard InChI is InChI=1S/C16H23F2N3O/c1-3-11(2)15(19)16(22)21-8-6-20(7-9-21)14-10-12(17)4-5-13(14)18/h4-5,10-11,15H,3,6-9,19H2,1-2H3. The Bertz CT molecular complexity index is 530. The lowest BCUT2D eigenvalue weighted by Gasteiger charge is -2.37. The number of rotatable bonds is 4. The fraction of sp³-hybridized carbons (Fsp3) is 0.562. The van der Waals surface area contributed by atoms with Gasteiger partial charge in [0.25, 0.3) is 0 Å². The van der Waals surface area contributed by atoms with Gasteiger partial charge in [0.2, 0.25) is 5.91 Å². The molecule has 1 fully saturated rings. The minimum Gasteiger partial charge on any atom is -0.366 e. The van der Waals surface area contributed by atoms with Crippen LogP contribution in [0.4, 0.5) is 14.5 Å². The molecule has 1 saturated heterocycles. The van der Waals surface area contributed by atoms with Gasteiger partial charge in [-0.05, 0) is 18.1 Å². The topological polar surface area (TPSA) is 49.6 Å². The summed E-state index contributed by atoms with van der Waals surface area (Å²) < 4.78 is 27.0. The van der Waals surface area contributed by atoms with Crippen molar-refractivity contribution in [2.45, 2.75) is 26.3 Å². The predicted molar refractivity (Wildman–Crippen MR) is 82.6 cm³/mol. The Kier molecular flexibility index (Phi) is 5.34. The van der Waals surface area contributed by atoms with E-state index in [9.17, 15) is 13.6 Å². The SMILES string of the molecule is CCC(C)C(N)C(=O)N1CCN(c2cc(F)ccc2F)CC1. The number of carbonyl (C=O) groups excluding carboxylic acids is 1. The van der Waals surface area contributed by atoms with Crippen LogP contribution < -0.4 is 10.6 Å². The van der Waals surface area contributed by atoms with Gasteiger partial charge in [0.15, 0.2) is 0 Å². The molecular formula is C16H23F2N3O. The number of amides is 1. The summed E-state index contributed by atoms with van der Waals surface area (Å²) in [5.74, 6) is -0.842. The molecule has 4 nitrogen and oxygen atoms in total. The minimum absolute atomic E-state index is 0.0614. The van der Waals surface area contributed by atoms with E-state index in [4.69, 9.17) is 5.73 Å². The number of piperazine rings is 1. The van der Waals surface area contributed by atoms with Gasteiger partial charge >= 0.3 is 0 Å². The molecule has 122 valence electrons. The molecule has 2 unspecified atom stereocenters. The van der Waals surface area contributed by atoms with E-state index in [2.05, 4.69) is 0 Å². The Hall–Kier alpha value is -1.69. The quantitative estimate of drug-likeness (QED) is 0.925. The van der Waals surface area contributed by atoms with Crippen LogP contribution in [-0.4, -0.2) is 43.0 Å². The molecule has 0 aromatic heterocycles. The predicted octanol–water partition coefficient (Wildman–Crippen LogP) is 1.99. The summed E-state index contributed by atoms with van der Waals surface area (Å²) in [5.41, 5.74) is 6.23. The van der Waals surface area contributed by atoms with Gasteiger partial charge in [-0.3, -0.25) is 4.79 Å². The van der Waals surface area contributed by atoms with E-state index in [-0.39, 0.29) is 17.5 Å². The normalized spacial score (nSPS) is 18.2. The number of nitrogens with zero attached hydrogens (tertiary/aromatic N) is 2. The molecule has 0 radical (unpaired) electrons. The average Bonchev–Trinajstić information content (AvgIpc) is 2.55. The summed E-state index contributed by atoms with van der Waals surface area (Å²) >= 11 is 0. The second kappa shape index (κ2) is 7.05. The van der Waals surface area contributed by atoms with Crippen molar-refractivity contribution in [3.8, 4) is 0 Å². The second-order valence-electron chi connectivity index (χ2n) is 5.82. The van der Waals surface area contributed by atoms with Crippen molar-refractivity contribution in [3.63, 3.8) is 0 Å². The van der Waals surface area contributed by atoms with Gasteiger partial charge in [0, 0.05) is 32.2 Å². The van der Waals surface area contributed by atoms with Crippen molar-refractivity contribution in [2.24, 2.45) is 11.7 Å². The molecule has 0 saturated carbocycles. The highest BCUT2D eigenvalue weighted by molar-refractivity contribution is 5.82. The molecule has 1 aliphatic heterocycles. The molecule has 6 heteroatoms. The van der Waals surface area contributed by atoms with Crippen molar-refractivity contribution in [2.75, 3.05) is 31.1 Å². The molecule has 1 heterocycles. The average molecular weight is 311 g/mol. The van der Waals surface area contributed by atoms with Crippen LogP contribution in [0, 0.1) is 17.6 Å². The lowest BCUT2D eigenvalue weighted by molar-refractivity contribution is -0.134. The maximum Gasteiger partial charge on any atom is 0.239 e. The monoisotopic (exact) mass is 311 g/mol. The number of hydrogen-bond donors (Lipinski definition) is 1. The van der Waals surface area contributed by atoms with Crippen LogP contribution in [0.1, 0.15) is 20.3 Å². The summed E-state index contributed by atoms with van der Waals surface area (Å²) in [7, 11) is 0. The van der Waals surface area contributed by atoms with Crippen LogP contribution in [0.3, 0.4) is 0 Å². The van der Waals surface area contributed by atoms with Crippen LogP contribution in [-0.2, 0) is 4.79 Å². The fourth-order valence-corrected chi connectivity index (χ4v) is 2.60. The van der Waals surface area contributed by atoms with E-state index in [1.54, 1.807) is 9.80 Å². The summed E-state index contributed by atoms with van der Waals surface area (Å²) in [6.45, 7) is 5.85. The lowest BCUT2D eigenvalue weighted by Crippen LogP contribution is -2.54. The number of hydrogen-bond acceptors (Lipinski definition) is 3. The van der Waals surface area contributed by atoms with Gasteiger partial charge in [-0.2, -0.15) is 0 Å². The third-order valence-corrected chi connectivity index (χ3v) is 4.38. The van der Waals surface area contributed by atoms with E-state index in [0.29, 0.717) is 26.2 Å². The Morgan fingerprint density at radius 3 is 2.50 bits per heavy atom. The molecule has 1 aliphatic rings. The molecule has 0 bridgehead atoms. The Morgan fingerprint density at radius 2 is 1.91 bits per heavy atom. The van der Waals surface area contributed by atoms with E-state index >= 15 is 0 Å². The maximum atomic E-state index is 13.8. The van der Waals surface area contributed by atoms with E-state index < -0.39 is 17.7 Å². The smallest absolute Gasteiger partial charge is 0.239 e. The minimum atomic E-state index is -0.498. The fourth-order valence-electron chi connectivity index (χ4n) is 2.60. The van der Waals surface area contributed by atoms with Gasteiger partial charge in [-0.1, -0.05) is 20.3 Å². The number of nitrogens with two attached hydrogens (primary N) is 1. The zero-order valence-corrected chi connectivity index (χ0v) is 13.1. The number of halogens is 2. The van der Waals surface area contributed by atoms with Crippen molar-refractivity contribution < 1.29 is 13.6 Å². The highest BCUT2D eigenvalue weighted by Gasteiger charge is 2.28. The van der Waals surface area contributed by atoms with Crippen molar-refractivity contribution in [3.05, 3.63) is 29.8 Å². The van der Waals surface area contributed by atoms with Gasteiger partial charge < -0.3 is 15.5 Å². The first kappa shape index (κ1) is 16.7. The molecular weight excluding hydrogens is 288 g/mol. The second-order valence-corrected chi connectivity index (χ2v) is 5.82. The molecule has 1 aromatic carbocycles. The Balaban J connectivity index is 1.98. The van der Waals surface area contributed by atoms with Gasteiger partial charge in [-0.25, -0.2) is 8.78 Å². The zero-order chi connectivity index (χ0) is 16.3. The third-order valence-electron chi connectivity index (χ3n) is 4.38. The third kappa shape index (κ3) is 3.55. The van der Waals surface area contributed by atoms with E-state index in [1.165, 1.54) is 6.07 Å². The summed E-state index contributed by atoms with van der Waals surface area (Å²) in [6, 6.07) is 2.92. The molecule has 1 aromatic rings. The number of carbonyl (C=O) groups is 1. The van der Waals surface area contributed by atoms with Crippen molar-refractivity contribution >= 4 is 11.6 Å². The molecule has 2 N–H and O–H groups in total. The van der Waals surface area contributed by atoms with Crippen molar-refractivity contribution in [1.29, 1.82) is 0 Å². The van der Waals surface area contributed by atoms with Gasteiger partial charge in [0.05, 0.1) is 11.7 Å². The molecule has 22 heavy (non-hydrogen) atoms. The van der Waals surface area contributed by atoms with Crippen LogP contribution in [0.5, 0.6) is 0 Å². The van der Waals surface area contributed by atoms with Gasteiger partial charge in [-0.15, -0.1) is 0 Å². The molecule has 2 atom stereocenters. The van der Waals surface area contributed by atoms with Crippen LogP contribution in [0.15, 0.2) is 18.2 Å². The Morgan fingerprint density at radius 1 is 1.27 bits per heavy atom. The van der Waals surface area contributed by atoms with E-state index in [0.717, 1.165) is 18.6 Å². The summed E-state index contributed by atoms with van der Waals surface area (Å²) in [6.07, 6.45) is 0.849. The Labute approximate surface area is 129 Å². The number of benzene rings is 1. The highest BCUT2D eigenvalue weighted by atomic mass is 19.1.